The molecular weight excluding hydrogens is 256 g/mol. The van der Waals surface area contributed by atoms with Crippen LogP contribution in [0.3, 0.4) is 0 Å². The van der Waals surface area contributed by atoms with Crippen molar-refractivity contribution in [2.75, 3.05) is 14.2 Å². The summed E-state index contributed by atoms with van der Waals surface area (Å²) in [5.41, 5.74) is 3.32. The van der Waals surface area contributed by atoms with E-state index in [1.54, 1.807) is 20.5 Å². The molecule has 102 valence electrons. The number of nitrogens with zero attached hydrogens (tertiary/aromatic N) is 4. The average molecular weight is 270 g/mol. The molecule has 0 unspecified atom stereocenters. The highest BCUT2D eigenvalue weighted by Crippen LogP contribution is 2.30. The highest BCUT2D eigenvalue weighted by Gasteiger charge is 2.11. The number of benzene rings is 1. The Kier molecular flexibility index (Phi) is 2.98. The number of methoxy groups -OCH3 is 2. The fourth-order valence-electron chi connectivity index (χ4n) is 2.12. The van der Waals surface area contributed by atoms with Crippen LogP contribution in [-0.2, 0) is 0 Å². The third kappa shape index (κ3) is 1.85. The van der Waals surface area contributed by atoms with Crippen molar-refractivity contribution in [3.8, 4) is 17.2 Å². The molecule has 3 aromatic rings. The summed E-state index contributed by atoms with van der Waals surface area (Å²) in [5.74, 6) is 1.35. The van der Waals surface area contributed by atoms with Gasteiger partial charge in [-0.25, -0.2) is 15.0 Å². The topological polar surface area (TPSA) is 62.1 Å². The first kappa shape index (κ1) is 12.4. The molecule has 0 radical (unpaired) electrons. The Morgan fingerprint density at radius 1 is 1.00 bits per heavy atom. The van der Waals surface area contributed by atoms with E-state index in [-0.39, 0.29) is 0 Å². The summed E-state index contributed by atoms with van der Waals surface area (Å²) in [6, 6.07) is 5.67. The van der Waals surface area contributed by atoms with Gasteiger partial charge < -0.3 is 9.47 Å². The molecule has 0 amide bonds. The molecule has 0 aliphatic rings. The molecule has 0 N–H and O–H groups in total. The van der Waals surface area contributed by atoms with Crippen LogP contribution < -0.4 is 9.47 Å². The molecule has 6 nitrogen and oxygen atoms in total. The smallest absolute Gasteiger partial charge is 0.168 e. The number of ether oxygens (including phenoxy) is 2. The van der Waals surface area contributed by atoms with E-state index in [0.717, 1.165) is 22.5 Å². The molecule has 0 bridgehead atoms. The van der Waals surface area contributed by atoms with Crippen molar-refractivity contribution in [2.45, 2.75) is 6.92 Å². The maximum absolute atomic E-state index is 5.32. The van der Waals surface area contributed by atoms with Gasteiger partial charge in [-0.2, -0.15) is 0 Å². The highest BCUT2D eigenvalue weighted by molar-refractivity contribution is 5.75. The molecule has 0 spiro atoms. The predicted molar refractivity (Wildman–Crippen MR) is 74.5 cm³/mol. The molecule has 0 saturated heterocycles. The number of fused-ring (bicyclic) bond motifs is 1. The number of hydrogen-bond donors (Lipinski definition) is 0. The zero-order valence-electron chi connectivity index (χ0n) is 11.5. The van der Waals surface area contributed by atoms with E-state index in [1.807, 2.05) is 29.7 Å². The zero-order valence-corrected chi connectivity index (χ0v) is 11.5. The summed E-state index contributed by atoms with van der Waals surface area (Å²) in [7, 11) is 3.22. The van der Waals surface area contributed by atoms with Gasteiger partial charge in [0.15, 0.2) is 17.1 Å². The van der Waals surface area contributed by atoms with Gasteiger partial charge >= 0.3 is 0 Å². The van der Waals surface area contributed by atoms with Crippen LogP contribution in [0.2, 0.25) is 0 Å². The van der Waals surface area contributed by atoms with Gasteiger partial charge in [0.25, 0.3) is 0 Å². The van der Waals surface area contributed by atoms with Gasteiger partial charge in [-0.1, -0.05) is 0 Å². The molecule has 1 aromatic carbocycles. The summed E-state index contributed by atoms with van der Waals surface area (Å²) in [6.45, 7) is 1.91. The fraction of sp³-hybridized carbons (Fsp3) is 0.214. The number of hydrogen-bond acceptors (Lipinski definition) is 5. The summed E-state index contributed by atoms with van der Waals surface area (Å²) in [4.78, 5) is 12.8. The van der Waals surface area contributed by atoms with Crippen LogP contribution in [0.1, 0.15) is 5.69 Å². The monoisotopic (exact) mass is 270 g/mol. The van der Waals surface area contributed by atoms with Crippen molar-refractivity contribution < 1.29 is 9.47 Å². The van der Waals surface area contributed by atoms with Crippen molar-refractivity contribution in [2.24, 2.45) is 0 Å². The Bertz CT molecular complexity index is 767. The van der Waals surface area contributed by atoms with Gasteiger partial charge in [-0.15, -0.1) is 0 Å². The molecule has 0 saturated carbocycles. The quantitative estimate of drug-likeness (QED) is 0.729. The Morgan fingerprint density at radius 3 is 2.55 bits per heavy atom. The fourth-order valence-corrected chi connectivity index (χ4v) is 2.12. The minimum atomic E-state index is 0.664. The van der Waals surface area contributed by atoms with E-state index in [1.165, 1.54) is 6.33 Å². The van der Waals surface area contributed by atoms with Crippen molar-refractivity contribution in [3.63, 3.8) is 0 Å². The van der Waals surface area contributed by atoms with E-state index in [4.69, 9.17) is 9.47 Å². The lowest BCUT2D eigenvalue weighted by Crippen LogP contribution is -1.97. The third-order valence-electron chi connectivity index (χ3n) is 3.16. The lowest BCUT2D eigenvalue weighted by atomic mass is 10.2. The SMILES string of the molecule is COc1ccc(-n2cnc3c(C)ncnc32)cc1OC. The number of imidazole rings is 1. The first-order valence-corrected chi connectivity index (χ1v) is 6.11. The molecule has 0 fully saturated rings. The van der Waals surface area contributed by atoms with Crippen LogP contribution in [0.15, 0.2) is 30.9 Å². The summed E-state index contributed by atoms with van der Waals surface area (Å²) >= 11 is 0. The maximum Gasteiger partial charge on any atom is 0.168 e. The number of aromatic nitrogens is 4. The van der Waals surface area contributed by atoms with Crippen molar-refractivity contribution >= 4 is 11.2 Å². The zero-order chi connectivity index (χ0) is 14.1. The van der Waals surface area contributed by atoms with Crippen LogP contribution in [0.25, 0.3) is 16.9 Å². The van der Waals surface area contributed by atoms with E-state index in [0.29, 0.717) is 11.5 Å². The Balaban J connectivity index is 2.18. The highest BCUT2D eigenvalue weighted by atomic mass is 16.5. The minimum absolute atomic E-state index is 0.664. The lowest BCUT2D eigenvalue weighted by molar-refractivity contribution is 0.355. The van der Waals surface area contributed by atoms with Gasteiger partial charge in [0, 0.05) is 6.07 Å². The molecule has 20 heavy (non-hydrogen) atoms. The third-order valence-corrected chi connectivity index (χ3v) is 3.16. The Labute approximate surface area is 116 Å². The van der Waals surface area contributed by atoms with Gasteiger partial charge in [0.05, 0.1) is 25.6 Å². The number of aryl methyl sites for hydroxylation is 1. The number of rotatable bonds is 3. The van der Waals surface area contributed by atoms with Crippen molar-refractivity contribution in [1.82, 2.24) is 19.5 Å². The van der Waals surface area contributed by atoms with Crippen LogP contribution >= 0.6 is 0 Å². The molecule has 2 aromatic heterocycles. The predicted octanol–water partition coefficient (Wildman–Crippen LogP) is 2.14. The average Bonchev–Trinajstić information content (AvgIpc) is 2.92. The molecule has 3 rings (SSSR count). The summed E-state index contributed by atoms with van der Waals surface area (Å²) in [6.07, 6.45) is 3.27. The normalized spacial score (nSPS) is 10.8. The standard InChI is InChI=1S/C14H14N4O2/c1-9-13-14(16-7-15-9)18(8-17-13)10-4-5-11(19-2)12(6-10)20-3/h4-8H,1-3H3. The Hall–Kier alpha value is -2.63. The second-order valence-corrected chi connectivity index (χ2v) is 4.29. The second-order valence-electron chi connectivity index (χ2n) is 4.29. The van der Waals surface area contributed by atoms with Crippen LogP contribution in [-0.4, -0.2) is 33.7 Å². The van der Waals surface area contributed by atoms with Gasteiger partial charge in [-0.05, 0) is 19.1 Å². The first-order valence-electron chi connectivity index (χ1n) is 6.11. The van der Waals surface area contributed by atoms with Gasteiger partial charge in [0.2, 0.25) is 0 Å². The molecule has 0 atom stereocenters. The van der Waals surface area contributed by atoms with Crippen molar-refractivity contribution in [3.05, 3.63) is 36.5 Å². The van der Waals surface area contributed by atoms with Gasteiger partial charge in [-0.3, -0.25) is 4.57 Å². The van der Waals surface area contributed by atoms with Crippen molar-refractivity contribution in [1.29, 1.82) is 0 Å². The van der Waals surface area contributed by atoms with Crippen LogP contribution in [0, 0.1) is 6.92 Å². The second kappa shape index (κ2) is 4.80. The largest absolute Gasteiger partial charge is 0.493 e. The Morgan fingerprint density at radius 2 is 1.80 bits per heavy atom. The van der Waals surface area contributed by atoms with E-state index >= 15 is 0 Å². The molecular formula is C14H14N4O2. The molecule has 0 aliphatic heterocycles. The molecule has 0 aliphatic carbocycles. The maximum atomic E-state index is 5.32. The van der Waals surface area contributed by atoms with Crippen LogP contribution in [0.5, 0.6) is 11.5 Å². The van der Waals surface area contributed by atoms with E-state index < -0.39 is 0 Å². The summed E-state index contributed by atoms with van der Waals surface area (Å²) < 4.78 is 12.5. The van der Waals surface area contributed by atoms with E-state index in [9.17, 15) is 0 Å². The minimum Gasteiger partial charge on any atom is -0.493 e. The van der Waals surface area contributed by atoms with Gasteiger partial charge in [0.1, 0.15) is 18.2 Å². The van der Waals surface area contributed by atoms with Crippen LogP contribution in [0.4, 0.5) is 0 Å². The molecule has 2 heterocycles. The first-order chi connectivity index (χ1) is 9.74. The lowest BCUT2D eigenvalue weighted by Gasteiger charge is -2.10. The summed E-state index contributed by atoms with van der Waals surface area (Å²) in [5, 5.41) is 0. The molecule has 6 heteroatoms. The van der Waals surface area contributed by atoms with E-state index in [2.05, 4.69) is 15.0 Å².